The molecule has 0 aliphatic heterocycles. The van der Waals surface area contributed by atoms with Crippen LogP contribution in [-0.2, 0) is 10.0 Å². The summed E-state index contributed by atoms with van der Waals surface area (Å²) in [4.78, 5) is 10.9. The lowest BCUT2D eigenvalue weighted by molar-refractivity contribution is -0.386. The second-order valence-electron chi connectivity index (χ2n) is 5.93. The molecule has 28 heavy (non-hydrogen) atoms. The summed E-state index contributed by atoms with van der Waals surface area (Å²) in [6.07, 6.45) is 1.73. The van der Waals surface area contributed by atoms with Crippen molar-refractivity contribution in [3.05, 3.63) is 57.6 Å². The van der Waals surface area contributed by atoms with Crippen LogP contribution in [0.4, 0.5) is 5.69 Å². The molecule has 2 rings (SSSR count). The molecule has 8 nitrogen and oxygen atoms in total. The van der Waals surface area contributed by atoms with Crippen molar-refractivity contribution in [1.82, 2.24) is 0 Å². The van der Waals surface area contributed by atoms with Crippen molar-refractivity contribution in [2.75, 3.05) is 13.2 Å². The van der Waals surface area contributed by atoms with Crippen LogP contribution < -0.4 is 9.47 Å². The van der Waals surface area contributed by atoms with E-state index in [0.717, 1.165) is 11.8 Å². The van der Waals surface area contributed by atoms with Crippen LogP contribution in [0.15, 0.2) is 45.7 Å². The van der Waals surface area contributed by atoms with Gasteiger partial charge in [-0.25, -0.2) is 0 Å². The highest BCUT2D eigenvalue weighted by molar-refractivity contribution is 7.90. The summed E-state index contributed by atoms with van der Waals surface area (Å²) in [5.74, 6) is 0.187. The molecule has 0 amide bonds. The van der Waals surface area contributed by atoms with Gasteiger partial charge in [-0.05, 0) is 38.5 Å². The molecule has 0 heterocycles. The van der Waals surface area contributed by atoms with Crippen molar-refractivity contribution < 1.29 is 22.8 Å². The van der Waals surface area contributed by atoms with Gasteiger partial charge in [-0.3, -0.25) is 10.1 Å². The molecule has 0 spiro atoms. The minimum absolute atomic E-state index is 0.0206. The molecule has 0 atom stereocenters. The standard InChI is InChI=1S/C19H22N2O6S/c1-4-10-27-19-17(21(22)23)11-15(12-18(19)26-5-2)13-20-28(24,25)16-8-6-14(3)7-9-16/h6-9,11-13H,4-5,10H2,1-3H3/b20-13-. The van der Waals surface area contributed by atoms with Gasteiger partial charge in [0.1, 0.15) is 0 Å². The molecule has 0 fully saturated rings. The molecular weight excluding hydrogens is 384 g/mol. The first-order valence-electron chi connectivity index (χ1n) is 8.73. The Balaban J connectivity index is 2.45. The highest BCUT2D eigenvalue weighted by atomic mass is 32.2. The van der Waals surface area contributed by atoms with E-state index < -0.39 is 14.9 Å². The number of benzene rings is 2. The average molecular weight is 406 g/mol. The zero-order valence-electron chi connectivity index (χ0n) is 15.9. The fraction of sp³-hybridized carbons (Fsp3) is 0.316. The lowest BCUT2D eigenvalue weighted by Crippen LogP contribution is -2.05. The van der Waals surface area contributed by atoms with Crippen LogP contribution in [0.2, 0.25) is 0 Å². The Kier molecular flexibility index (Phi) is 7.11. The minimum atomic E-state index is -3.93. The highest BCUT2D eigenvalue weighted by Gasteiger charge is 2.22. The summed E-state index contributed by atoms with van der Waals surface area (Å²) in [5, 5.41) is 11.5. The van der Waals surface area contributed by atoms with Crippen LogP contribution in [0, 0.1) is 17.0 Å². The Morgan fingerprint density at radius 3 is 2.39 bits per heavy atom. The molecule has 0 saturated heterocycles. The molecule has 0 aliphatic rings. The summed E-state index contributed by atoms with van der Waals surface area (Å²) in [6.45, 7) is 6.01. The number of nitro groups is 1. The average Bonchev–Trinajstić information content (AvgIpc) is 2.65. The maximum atomic E-state index is 12.4. The van der Waals surface area contributed by atoms with Crippen molar-refractivity contribution in [1.29, 1.82) is 0 Å². The van der Waals surface area contributed by atoms with E-state index in [1.807, 2.05) is 13.8 Å². The van der Waals surface area contributed by atoms with Crippen LogP contribution >= 0.6 is 0 Å². The maximum absolute atomic E-state index is 12.4. The maximum Gasteiger partial charge on any atom is 0.315 e. The number of nitrogens with zero attached hydrogens (tertiary/aromatic N) is 2. The molecule has 0 aromatic heterocycles. The Bertz CT molecular complexity index is 969. The van der Waals surface area contributed by atoms with Gasteiger partial charge in [-0.15, -0.1) is 0 Å². The number of sulfonamides is 1. The van der Waals surface area contributed by atoms with E-state index in [4.69, 9.17) is 9.47 Å². The Morgan fingerprint density at radius 2 is 1.82 bits per heavy atom. The topological polar surface area (TPSA) is 108 Å². The Labute approximate surface area is 164 Å². The van der Waals surface area contributed by atoms with Gasteiger partial charge in [0, 0.05) is 17.8 Å². The molecule has 0 bridgehead atoms. The van der Waals surface area contributed by atoms with Crippen LogP contribution in [0.1, 0.15) is 31.4 Å². The van der Waals surface area contributed by atoms with E-state index in [1.165, 1.54) is 24.3 Å². The van der Waals surface area contributed by atoms with Crippen LogP contribution in [-0.4, -0.2) is 32.8 Å². The van der Waals surface area contributed by atoms with E-state index in [2.05, 4.69) is 4.40 Å². The third kappa shape index (κ3) is 5.29. The van der Waals surface area contributed by atoms with Gasteiger partial charge in [0.05, 0.1) is 23.0 Å². The number of ether oxygens (including phenoxy) is 2. The fourth-order valence-electron chi connectivity index (χ4n) is 2.33. The second kappa shape index (κ2) is 9.32. The third-order valence-corrected chi connectivity index (χ3v) is 4.91. The van der Waals surface area contributed by atoms with Crippen LogP contribution in [0.5, 0.6) is 11.5 Å². The van der Waals surface area contributed by atoms with Gasteiger partial charge in [0.2, 0.25) is 5.75 Å². The number of hydrogen-bond donors (Lipinski definition) is 0. The molecular formula is C19H22N2O6S. The van der Waals surface area contributed by atoms with Gasteiger partial charge in [-0.1, -0.05) is 24.6 Å². The lowest BCUT2D eigenvalue weighted by Gasteiger charge is -2.12. The van der Waals surface area contributed by atoms with Crippen LogP contribution in [0.3, 0.4) is 0 Å². The van der Waals surface area contributed by atoms with Crippen molar-refractivity contribution in [3.8, 4) is 11.5 Å². The highest BCUT2D eigenvalue weighted by Crippen LogP contribution is 2.38. The number of aryl methyl sites for hydroxylation is 1. The van der Waals surface area contributed by atoms with Gasteiger partial charge < -0.3 is 9.47 Å². The number of nitro benzene ring substituents is 1. The van der Waals surface area contributed by atoms with Gasteiger partial charge in [0.25, 0.3) is 10.0 Å². The summed E-state index contributed by atoms with van der Waals surface area (Å²) >= 11 is 0. The van der Waals surface area contributed by atoms with Gasteiger partial charge >= 0.3 is 5.69 Å². The van der Waals surface area contributed by atoms with E-state index in [1.54, 1.807) is 19.1 Å². The van der Waals surface area contributed by atoms with Crippen molar-refractivity contribution in [3.63, 3.8) is 0 Å². The van der Waals surface area contributed by atoms with E-state index in [0.29, 0.717) is 6.42 Å². The van der Waals surface area contributed by atoms with Crippen LogP contribution in [0.25, 0.3) is 0 Å². The van der Waals surface area contributed by atoms with E-state index in [-0.39, 0.29) is 40.9 Å². The first kappa shape index (κ1) is 21.4. The summed E-state index contributed by atoms with van der Waals surface area (Å²) in [5.41, 5.74) is 0.825. The van der Waals surface area contributed by atoms with Crippen molar-refractivity contribution in [2.45, 2.75) is 32.1 Å². The normalized spacial score (nSPS) is 11.5. The molecule has 9 heteroatoms. The first-order valence-corrected chi connectivity index (χ1v) is 10.2. The molecule has 0 unspecified atom stereocenters. The quantitative estimate of drug-likeness (QED) is 0.355. The minimum Gasteiger partial charge on any atom is -0.490 e. The molecule has 2 aromatic carbocycles. The SMILES string of the molecule is CCCOc1c(OCC)cc(/C=N\S(=O)(=O)c2ccc(C)cc2)cc1[N+](=O)[O-]. The molecule has 150 valence electrons. The Hall–Kier alpha value is -2.94. The van der Waals surface area contributed by atoms with E-state index in [9.17, 15) is 18.5 Å². The van der Waals surface area contributed by atoms with Gasteiger partial charge in [-0.2, -0.15) is 12.8 Å². The predicted octanol–water partition coefficient (Wildman–Crippen LogP) is 3.90. The first-order chi connectivity index (χ1) is 13.3. The zero-order valence-corrected chi connectivity index (χ0v) is 16.7. The number of rotatable bonds is 9. The summed E-state index contributed by atoms with van der Waals surface area (Å²) < 4.78 is 39.3. The van der Waals surface area contributed by atoms with Crippen molar-refractivity contribution in [2.24, 2.45) is 4.40 Å². The van der Waals surface area contributed by atoms with Crippen molar-refractivity contribution >= 4 is 21.9 Å². The molecule has 0 N–H and O–H groups in total. The van der Waals surface area contributed by atoms with E-state index >= 15 is 0 Å². The lowest BCUT2D eigenvalue weighted by atomic mass is 10.2. The third-order valence-electron chi connectivity index (χ3n) is 3.66. The fourth-order valence-corrected chi connectivity index (χ4v) is 3.19. The molecule has 0 saturated carbocycles. The smallest absolute Gasteiger partial charge is 0.315 e. The largest absolute Gasteiger partial charge is 0.490 e. The van der Waals surface area contributed by atoms with Gasteiger partial charge in [0.15, 0.2) is 5.75 Å². The molecule has 0 aliphatic carbocycles. The zero-order chi connectivity index (χ0) is 20.7. The molecule has 2 aromatic rings. The summed E-state index contributed by atoms with van der Waals surface area (Å²) in [6, 6.07) is 8.92. The second-order valence-corrected chi connectivity index (χ2v) is 7.56. The monoisotopic (exact) mass is 406 g/mol. The predicted molar refractivity (Wildman–Crippen MR) is 106 cm³/mol. The number of hydrogen-bond acceptors (Lipinski definition) is 6. The molecule has 0 radical (unpaired) electrons. The summed E-state index contributed by atoms with van der Waals surface area (Å²) in [7, 11) is -3.93. The Morgan fingerprint density at radius 1 is 1.14 bits per heavy atom.